The Labute approximate surface area is 189 Å². The topological polar surface area (TPSA) is 61.4 Å². The second-order valence-electron chi connectivity index (χ2n) is 8.24. The van der Waals surface area contributed by atoms with Crippen LogP contribution in [0.2, 0.25) is 0 Å². The van der Waals surface area contributed by atoms with Crippen LogP contribution in [0.4, 0.5) is 16.2 Å². The SMILES string of the molecule is Cc1ccccc1CNC(=O)Cc1ccc(NC(=O)N2CCCCc3ccccc32)cc1. The van der Waals surface area contributed by atoms with Crippen LogP contribution >= 0.6 is 0 Å². The van der Waals surface area contributed by atoms with Gasteiger partial charge in [0, 0.05) is 24.5 Å². The van der Waals surface area contributed by atoms with Gasteiger partial charge in [-0.15, -0.1) is 0 Å². The van der Waals surface area contributed by atoms with Crippen LogP contribution in [0.25, 0.3) is 0 Å². The molecule has 1 heterocycles. The van der Waals surface area contributed by atoms with Gasteiger partial charge in [-0.2, -0.15) is 0 Å². The molecule has 0 atom stereocenters. The van der Waals surface area contributed by atoms with Gasteiger partial charge in [-0.3, -0.25) is 9.69 Å². The van der Waals surface area contributed by atoms with Crippen LogP contribution in [0, 0.1) is 6.92 Å². The molecule has 5 nitrogen and oxygen atoms in total. The minimum absolute atomic E-state index is 0.0220. The van der Waals surface area contributed by atoms with Gasteiger partial charge in [0.1, 0.15) is 0 Å². The first kappa shape index (κ1) is 21.6. The Morgan fingerprint density at radius 2 is 1.66 bits per heavy atom. The number of nitrogens with one attached hydrogen (secondary N) is 2. The number of hydrogen-bond donors (Lipinski definition) is 2. The summed E-state index contributed by atoms with van der Waals surface area (Å²) >= 11 is 0. The van der Waals surface area contributed by atoms with E-state index in [1.807, 2.05) is 78.6 Å². The van der Waals surface area contributed by atoms with Gasteiger partial charge in [-0.1, -0.05) is 54.6 Å². The van der Waals surface area contributed by atoms with Gasteiger partial charge in [-0.25, -0.2) is 4.79 Å². The normalized spacial score (nSPS) is 13.1. The Kier molecular flexibility index (Phi) is 6.85. The molecule has 1 aliphatic heterocycles. The molecule has 3 aromatic carbocycles. The number of aryl methyl sites for hydroxylation is 2. The highest BCUT2D eigenvalue weighted by Gasteiger charge is 2.20. The summed E-state index contributed by atoms with van der Waals surface area (Å²) in [6.45, 7) is 3.28. The van der Waals surface area contributed by atoms with Crippen LogP contribution in [0.5, 0.6) is 0 Å². The smallest absolute Gasteiger partial charge is 0.326 e. The van der Waals surface area contributed by atoms with Crippen molar-refractivity contribution in [2.75, 3.05) is 16.8 Å². The molecule has 1 aliphatic rings. The minimum atomic E-state index is -0.122. The predicted molar refractivity (Wildman–Crippen MR) is 129 cm³/mol. The monoisotopic (exact) mass is 427 g/mol. The zero-order valence-electron chi connectivity index (χ0n) is 18.4. The number of anilines is 2. The Morgan fingerprint density at radius 1 is 0.906 bits per heavy atom. The number of carbonyl (C=O) groups excluding carboxylic acids is 2. The van der Waals surface area contributed by atoms with Crippen LogP contribution in [0.3, 0.4) is 0 Å². The lowest BCUT2D eigenvalue weighted by atomic mass is 10.1. The highest BCUT2D eigenvalue weighted by atomic mass is 16.2. The molecule has 3 amide bonds. The second-order valence-corrected chi connectivity index (χ2v) is 8.24. The van der Waals surface area contributed by atoms with Crippen molar-refractivity contribution >= 4 is 23.3 Å². The van der Waals surface area contributed by atoms with Crippen LogP contribution in [0.1, 0.15) is 35.1 Å². The van der Waals surface area contributed by atoms with E-state index < -0.39 is 0 Å². The number of urea groups is 1. The number of para-hydroxylation sites is 1. The third kappa shape index (κ3) is 5.35. The summed E-state index contributed by atoms with van der Waals surface area (Å²) in [6, 6.07) is 23.5. The minimum Gasteiger partial charge on any atom is -0.352 e. The van der Waals surface area contributed by atoms with Crippen molar-refractivity contribution in [3.8, 4) is 0 Å². The van der Waals surface area contributed by atoms with Crippen molar-refractivity contribution in [3.63, 3.8) is 0 Å². The van der Waals surface area contributed by atoms with E-state index in [1.54, 1.807) is 0 Å². The van der Waals surface area contributed by atoms with E-state index >= 15 is 0 Å². The number of rotatable bonds is 5. The summed E-state index contributed by atoms with van der Waals surface area (Å²) in [4.78, 5) is 27.1. The summed E-state index contributed by atoms with van der Waals surface area (Å²) < 4.78 is 0. The summed E-state index contributed by atoms with van der Waals surface area (Å²) in [6.07, 6.45) is 3.38. The maximum absolute atomic E-state index is 12.9. The summed E-state index contributed by atoms with van der Waals surface area (Å²) in [7, 11) is 0. The number of amides is 3. The van der Waals surface area contributed by atoms with Crippen molar-refractivity contribution < 1.29 is 9.59 Å². The molecule has 32 heavy (non-hydrogen) atoms. The van der Waals surface area contributed by atoms with Crippen molar-refractivity contribution in [2.45, 2.75) is 39.2 Å². The molecule has 2 N–H and O–H groups in total. The molecule has 0 aliphatic carbocycles. The van der Waals surface area contributed by atoms with Gasteiger partial charge in [0.05, 0.1) is 6.42 Å². The summed E-state index contributed by atoms with van der Waals surface area (Å²) in [5.41, 5.74) is 6.12. The first-order valence-corrected chi connectivity index (χ1v) is 11.2. The standard InChI is InChI=1S/C27H29N3O2/c1-20-8-2-3-11-23(20)19-28-26(31)18-21-13-15-24(16-14-21)29-27(32)30-17-7-6-10-22-9-4-5-12-25(22)30/h2-5,8-9,11-16H,6-7,10,17-19H2,1H3,(H,28,31)(H,29,32). The van der Waals surface area contributed by atoms with Crippen molar-refractivity contribution in [1.82, 2.24) is 5.32 Å². The molecular formula is C27H29N3O2. The molecule has 164 valence electrons. The van der Waals surface area contributed by atoms with Gasteiger partial charge in [0.25, 0.3) is 0 Å². The first-order chi connectivity index (χ1) is 15.6. The number of nitrogens with zero attached hydrogens (tertiary/aromatic N) is 1. The molecular weight excluding hydrogens is 398 g/mol. The number of carbonyl (C=O) groups is 2. The molecule has 0 spiro atoms. The molecule has 0 bridgehead atoms. The maximum atomic E-state index is 12.9. The fraction of sp³-hybridized carbons (Fsp3) is 0.259. The van der Waals surface area contributed by atoms with Crippen LogP contribution in [-0.2, 0) is 24.2 Å². The lowest BCUT2D eigenvalue weighted by Crippen LogP contribution is -2.35. The van der Waals surface area contributed by atoms with Gasteiger partial charge >= 0.3 is 6.03 Å². The van der Waals surface area contributed by atoms with E-state index in [-0.39, 0.29) is 11.9 Å². The highest BCUT2D eigenvalue weighted by Crippen LogP contribution is 2.26. The largest absolute Gasteiger partial charge is 0.352 e. The molecule has 0 fully saturated rings. The molecule has 0 radical (unpaired) electrons. The first-order valence-electron chi connectivity index (χ1n) is 11.2. The zero-order valence-corrected chi connectivity index (χ0v) is 18.4. The Balaban J connectivity index is 1.33. The van der Waals surface area contributed by atoms with E-state index in [1.165, 1.54) is 11.1 Å². The highest BCUT2D eigenvalue weighted by molar-refractivity contribution is 6.02. The maximum Gasteiger partial charge on any atom is 0.326 e. The van der Waals surface area contributed by atoms with Crippen molar-refractivity contribution in [1.29, 1.82) is 0 Å². The number of hydrogen-bond acceptors (Lipinski definition) is 2. The van der Waals surface area contributed by atoms with E-state index in [0.717, 1.165) is 41.8 Å². The number of fused-ring (bicyclic) bond motifs is 1. The van der Waals surface area contributed by atoms with Gasteiger partial charge in [0.2, 0.25) is 5.91 Å². The number of benzene rings is 3. The molecule has 4 rings (SSSR count). The molecule has 0 saturated heterocycles. The average Bonchev–Trinajstić information content (AvgIpc) is 3.02. The van der Waals surface area contributed by atoms with Crippen LogP contribution < -0.4 is 15.5 Å². The third-order valence-corrected chi connectivity index (χ3v) is 5.91. The fourth-order valence-electron chi connectivity index (χ4n) is 4.05. The Morgan fingerprint density at radius 3 is 2.47 bits per heavy atom. The van der Waals surface area contributed by atoms with Crippen LogP contribution in [0.15, 0.2) is 72.8 Å². The molecule has 0 aromatic heterocycles. The van der Waals surface area contributed by atoms with E-state index in [4.69, 9.17) is 0 Å². The molecule has 0 unspecified atom stereocenters. The van der Waals surface area contributed by atoms with Crippen molar-refractivity contribution in [3.05, 3.63) is 95.1 Å². The van der Waals surface area contributed by atoms with Gasteiger partial charge < -0.3 is 10.6 Å². The van der Waals surface area contributed by atoms with E-state index in [0.29, 0.717) is 19.5 Å². The lowest BCUT2D eigenvalue weighted by Gasteiger charge is -2.23. The lowest BCUT2D eigenvalue weighted by molar-refractivity contribution is -0.120. The van der Waals surface area contributed by atoms with E-state index in [2.05, 4.69) is 16.7 Å². The Bertz CT molecular complexity index is 1090. The third-order valence-electron chi connectivity index (χ3n) is 5.91. The Hall–Kier alpha value is -3.60. The van der Waals surface area contributed by atoms with Gasteiger partial charge in [0.15, 0.2) is 0 Å². The molecule has 5 heteroatoms. The molecule has 0 saturated carbocycles. The van der Waals surface area contributed by atoms with Crippen molar-refractivity contribution in [2.24, 2.45) is 0 Å². The van der Waals surface area contributed by atoms with E-state index in [9.17, 15) is 9.59 Å². The quantitative estimate of drug-likeness (QED) is 0.586. The average molecular weight is 428 g/mol. The summed E-state index contributed by atoms with van der Waals surface area (Å²) in [5, 5.41) is 5.98. The molecule has 3 aromatic rings. The van der Waals surface area contributed by atoms with Gasteiger partial charge in [-0.05, 0) is 66.6 Å². The fourth-order valence-corrected chi connectivity index (χ4v) is 4.05. The second kappa shape index (κ2) is 10.1. The zero-order chi connectivity index (χ0) is 22.3. The predicted octanol–water partition coefficient (Wildman–Crippen LogP) is 5.23. The summed E-state index contributed by atoms with van der Waals surface area (Å²) in [5.74, 6) is -0.0220. The van der Waals surface area contributed by atoms with Crippen LogP contribution in [-0.4, -0.2) is 18.5 Å².